The molecule has 3 aromatic rings. The van der Waals surface area contributed by atoms with Crippen molar-refractivity contribution in [1.29, 1.82) is 0 Å². The number of likely N-dealkylation sites (tertiary alicyclic amines) is 1. The van der Waals surface area contributed by atoms with Gasteiger partial charge in [-0.05, 0) is 30.5 Å². The van der Waals surface area contributed by atoms with Gasteiger partial charge in [-0.2, -0.15) is 0 Å². The van der Waals surface area contributed by atoms with E-state index in [1.54, 1.807) is 6.07 Å². The van der Waals surface area contributed by atoms with Crippen molar-refractivity contribution in [3.8, 4) is 11.1 Å². The molecule has 134 valence electrons. The second-order valence-corrected chi connectivity index (χ2v) is 6.42. The number of piperidine rings is 1. The van der Waals surface area contributed by atoms with Crippen molar-refractivity contribution in [3.63, 3.8) is 0 Å². The minimum Gasteiger partial charge on any atom is -0.465 e. The molecule has 0 aliphatic carbocycles. The molecule has 1 fully saturated rings. The zero-order chi connectivity index (χ0) is 18.3. The summed E-state index contributed by atoms with van der Waals surface area (Å²) in [5.41, 5.74) is 8.26. The number of nitrogen functional groups attached to an aromatic ring is 1. The molecular formula is C18H18FN5O2. The summed E-state index contributed by atoms with van der Waals surface area (Å²) in [5.74, 6) is 0.0181. The number of benzene rings is 1. The number of nitrogens with two attached hydrogens (primary N) is 1. The van der Waals surface area contributed by atoms with Crippen molar-refractivity contribution in [2.75, 3.05) is 18.8 Å². The highest BCUT2D eigenvalue weighted by molar-refractivity contribution is 6.00. The Morgan fingerprint density at radius 3 is 2.73 bits per heavy atom. The third-order valence-corrected chi connectivity index (χ3v) is 4.90. The summed E-state index contributed by atoms with van der Waals surface area (Å²) >= 11 is 0. The van der Waals surface area contributed by atoms with E-state index >= 15 is 0 Å². The Bertz CT molecular complexity index is 979. The lowest BCUT2D eigenvalue weighted by molar-refractivity contribution is 0.126. The van der Waals surface area contributed by atoms with Gasteiger partial charge in [-0.15, -0.1) is 0 Å². The van der Waals surface area contributed by atoms with Crippen molar-refractivity contribution in [2.45, 2.75) is 18.9 Å². The fourth-order valence-electron chi connectivity index (χ4n) is 3.60. The van der Waals surface area contributed by atoms with Crippen LogP contribution in [0.15, 0.2) is 36.8 Å². The highest BCUT2D eigenvalue weighted by Gasteiger charge is 2.26. The molecule has 7 nitrogen and oxygen atoms in total. The van der Waals surface area contributed by atoms with Crippen LogP contribution in [0, 0.1) is 5.82 Å². The molecule has 0 atom stereocenters. The Balaban J connectivity index is 1.80. The second kappa shape index (κ2) is 6.29. The molecule has 4 rings (SSSR count). The third-order valence-electron chi connectivity index (χ3n) is 4.90. The Morgan fingerprint density at radius 1 is 1.27 bits per heavy atom. The number of rotatable bonds is 2. The summed E-state index contributed by atoms with van der Waals surface area (Å²) in [5, 5.41) is 9.82. The van der Waals surface area contributed by atoms with Crippen LogP contribution < -0.4 is 5.73 Å². The third kappa shape index (κ3) is 2.73. The maximum absolute atomic E-state index is 13.7. The average Bonchev–Trinajstić information content (AvgIpc) is 3.03. The van der Waals surface area contributed by atoms with Crippen LogP contribution in [0.4, 0.5) is 15.0 Å². The fourth-order valence-corrected chi connectivity index (χ4v) is 3.60. The Morgan fingerprint density at radius 2 is 2.04 bits per heavy atom. The van der Waals surface area contributed by atoms with Crippen LogP contribution in [0.5, 0.6) is 0 Å². The highest BCUT2D eigenvalue weighted by atomic mass is 19.1. The summed E-state index contributed by atoms with van der Waals surface area (Å²) in [6.45, 7) is 0.936. The lowest BCUT2D eigenvalue weighted by Crippen LogP contribution is -2.38. The first-order valence-corrected chi connectivity index (χ1v) is 8.39. The van der Waals surface area contributed by atoms with E-state index in [0.29, 0.717) is 48.3 Å². The first-order chi connectivity index (χ1) is 12.5. The monoisotopic (exact) mass is 355 g/mol. The van der Waals surface area contributed by atoms with Crippen LogP contribution in [0.25, 0.3) is 22.2 Å². The second-order valence-electron chi connectivity index (χ2n) is 6.42. The molecule has 0 spiro atoms. The van der Waals surface area contributed by atoms with Crippen LogP contribution in [0.1, 0.15) is 18.9 Å². The quantitative estimate of drug-likeness (QED) is 0.736. The topological polar surface area (TPSA) is 97.3 Å². The van der Waals surface area contributed by atoms with Gasteiger partial charge in [0.05, 0.1) is 5.39 Å². The normalized spacial score (nSPS) is 15.5. The molecule has 2 aromatic heterocycles. The standard InChI is InChI=1S/C18H18FN5O2/c19-12-3-1-2-11(8-12)14-9-24(17-15(14)16(20)21-10-22-17)13-4-6-23(7-5-13)18(25)26/h1-3,8-10,13H,4-7H2,(H,25,26)(H2,20,21,22). The van der Waals surface area contributed by atoms with Crippen molar-refractivity contribution >= 4 is 22.9 Å². The largest absolute Gasteiger partial charge is 0.465 e. The van der Waals surface area contributed by atoms with Crippen LogP contribution in [-0.4, -0.2) is 43.7 Å². The van der Waals surface area contributed by atoms with E-state index in [0.717, 1.165) is 5.56 Å². The highest BCUT2D eigenvalue weighted by Crippen LogP contribution is 2.36. The number of fused-ring (bicyclic) bond motifs is 1. The zero-order valence-corrected chi connectivity index (χ0v) is 14.0. The van der Waals surface area contributed by atoms with E-state index in [-0.39, 0.29) is 11.9 Å². The molecule has 3 N–H and O–H groups in total. The zero-order valence-electron chi connectivity index (χ0n) is 14.0. The number of carboxylic acid groups (broad SMARTS) is 1. The SMILES string of the molecule is Nc1ncnc2c1c(-c1cccc(F)c1)cn2C1CCN(C(=O)O)CC1. The predicted octanol–water partition coefficient (Wildman–Crippen LogP) is 3.13. The molecule has 1 amide bonds. The summed E-state index contributed by atoms with van der Waals surface area (Å²) in [7, 11) is 0. The van der Waals surface area contributed by atoms with Crippen molar-refractivity contribution in [3.05, 3.63) is 42.6 Å². The molecule has 0 bridgehead atoms. The lowest BCUT2D eigenvalue weighted by Gasteiger charge is -2.31. The van der Waals surface area contributed by atoms with Gasteiger partial charge < -0.3 is 20.3 Å². The number of aromatic nitrogens is 3. The van der Waals surface area contributed by atoms with Crippen LogP contribution in [0.3, 0.4) is 0 Å². The molecular weight excluding hydrogens is 337 g/mol. The van der Waals surface area contributed by atoms with Gasteiger partial charge in [0.2, 0.25) is 0 Å². The van der Waals surface area contributed by atoms with Crippen LogP contribution in [-0.2, 0) is 0 Å². The summed E-state index contributed by atoms with van der Waals surface area (Å²) in [6, 6.07) is 6.42. The van der Waals surface area contributed by atoms with Gasteiger partial charge in [-0.1, -0.05) is 12.1 Å². The van der Waals surface area contributed by atoms with Gasteiger partial charge in [0.1, 0.15) is 23.6 Å². The smallest absolute Gasteiger partial charge is 0.407 e. The molecule has 3 heterocycles. The number of hydrogen-bond donors (Lipinski definition) is 2. The minimum atomic E-state index is -0.896. The number of hydrogen-bond acceptors (Lipinski definition) is 4. The van der Waals surface area contributed by atoms with Crippen molar-refractivity contribution in [1.82, 2.24) is 19.4 Å². The number of carbonyl (C=O) groups is 1. The molecule has 1 saturated heterocycles. The average molecular weight is 355 g/mol. The van der Waals surface area contributed by atoms with Crippen LogP contribution in [0.2, 0.25) is 0 Å². The molecule has 0 radical (unpaired) electrons. The van der Waals surface area contributed by atoms with E-state index < -0.39 is 6.09 Å². The van der Waals surface area contributed by atoms with Gasteiger partial charge in [0.25, 0.3) is 0 Å². The number of halogens is 1. The Labute approximate surface area is 148 Å². The lowest BCUT2D eigenvalue weighted by atomic mass is 10.1. The van der Waals surface area contributed by atoms with Crippen molar-refractivity contribution in [2.24, 2.45) is 0 Å². The molecule has 26 heavy (non-hydrogen) atoms. The molecule has 1 aromatic carbocycles. The molecule has 1 aliphatic heterocycles. The molecule has 8 heteroatoms. The summed E-state index contributed by atoms with van der Waals surface area (Å²) in [4.78, 5) is 21.0. The van der Waals surface area contributed by atoms with Crippen LogP contribution >= 0.6 is 0 Å². The first kappa shape index (κ1) is 16.3. The molecule has 0 unspecified atom stereocenters. The van der Waals surface area contributed by atoms with E-state index in [2.05, 4.69) is 9.97 Å². The van der Waals surface area contributed by atoms with Gasteiger partial charge in [0, 0.05) is 30.9 Å². The Kier molecular flexibility index (Phi) is 3.95. The predicted molar refractivity (Wildman–Crippen MR) is 95.2 cm³/mol. The van der Waals surface area contributed by atoms with E-state index in [1.807, 2.05) is 16.8 Å². The van der Waals surface area contributed by atoms with E-state index in [9.17, 15) is 9.18 Å². The maximum atomic E-state index is 13.7. The van der Waals surface area contributed by atoms with Gasteiger partial charge in [-0.3, -0.25) is 0 Å². The first-order valence-electron chi connectivity index (χ1n) is 8.39. The number of nitrogens with zero attached hydrogens (tertiary/aromatic N) is 4. The van der Waals surface area contributed by atoms with E-state index in [4.69, 9.17) is 10.8 Å². The Hall–Kier alpha value is -3.16. The number of amides is 1. The molecule has 1 aliphatic rings. The maximum Gasteiger partial charge on any atom is 0.407 e. The van der Waals surface area contributed by atoms with Crippen molar-refractivity contribution < 1.29 is 14.3 Å². The summed E-state index contributed by atoms with van der Waals surface area (Å²) in [6.07, 6.45) is 3.81. The number of anilines is 1. The van der Waals surface area contributed by atoms with Gasteiger partial charge >= 0.3 is 6.09 Å². The minimum absolute atomic E-state index is 0.102. The van der Waals surface area contributed by atoms with Gasteiger partial charge in [-0.25, -0.2) is 19.2 Å². The summed E-state index contributed by atoms with van der Waals surface area (Å²) < 4.78 is 15.7. The fraction of sp³-hybridized carbons (Fsp3) is 0.278. The van der Waals surface area contributed by atoms with Gasteiger partial charge in [0.15, 0.2) is 0 Å². The van der Waals surface area contributed by atoms with E-state index in [1.165, 1.54) is 23.4 Å². The molecule has 0 saturated carbocycles.